The molecule has 0 N–H and O–H groups in total. The van der Waals surface area contributed by atoms with Gasteiger partial charge < -0.3 is 14.2 Å². The smallest absolute Gasteiger partial charge is 0.135 e. The van der Waals surface area contributed by atoms with Crippen LogP contribution in [-0.2, 0) is 11.8 Å². The van der Waals surface area contributed by atoms with E-state index in [1.54, 1.807) is 6.33 Å². The standard InChI is InChI=1S/C13H22N4O/c1-16-10-14-15-13(16)12-2-5-17(6-3-12)8-11-4-7-18-9-11/h10-12H,2-9H2,1H3/t11-/m0/s1. The number of hydrogen-bond acceptors (Lipinski definition) is 4. The van der Waals surface area contributed by atoms with Gasteiger partial charge in [-0.1, -0.05) is 0 Å². The summed E-state index contributed by atoms with van der Waals surface area (Å²) in [4.78, 5) is 2.59. The predicted octanol–water partition coefficient (Wildman–Crippen LogP) is 1.03. The van der Waals surface area contributed by atoms with Crippen LogP contribution in [0.4, 0.5) is 0 Å². The Morgan fingerprint density at radius 1 is 1.33 bits per heavy atom. The van der Waals surface area contributed by atoms with E-state index in [0.717, 1.165) is 25.0 Å². The predicted molar refractivity (Wildman–Crippen MR) is 68.3 cm³/mol. The maximum atomic E-state index is 5.45. The first kappa shape index (κ1) is 12.1. The lowest BCUT2D eigenvalue weighted by Crippen LogP contribution is -2.37. The minimum atomic E-state index is 0.591. The van der Waals surface area contributed by atoms with Crippen LogP contribution in [0, 0.1) is 5.92 Å². The van der Waals surface area contributed by atoms with Crippen molar-refractivity contribution < 1.29 is 4.74 Å². The lowest BCUT2D eigenvalue weighted by Gasteiger charge is -2.32. The summed E-state index contributed by atoms with van der Waals surface area (Å²) in [6.07, 6.45) is 5.46. The molecule has 2 aliphatic rings. The number of likely N-dealkylation sites (tertiary alicyclic amines) is 1. The van der Waals surface area contributed by atoms with E-state index in [-0.39, 0.29) is 0 Å². The summed E-state index contributed by atoms with van der Waals surface area (Å²) in [5.41, 5.74) is 0. The molecule has 0 unspecified atom stereocenters. The Hall–Kier alpha value is -0.940. The molecule has 0 bridgehead atoms. The summed E-state index contributed by atoms with van der Waals surface area (Å²) in [5.74, 6) is 2.50. The molecule has 5 nitrogen and oxygen atoms in total. The molecule has 0 spiro atoms. The fraction of sp³-hybridized carbons (Fsp3) is 0.846. The zero-order valence-electron chi connectivity index (χ0n) is 11.1. The molecule has 2 aliphatic heterocycles. The van der Waals surface area contributed by atoms with Gasteiger partial charge in [-0.15, -0.1) is 10.2 Å². The van der Waals surface area contributed by atoms with Crippen molar-refractivity contribution in [2.24, 2.45) is 13.0 Å². The Bertz CT molecular complexity index is 378. The van der Waals surface area contributed by atoms with Gasteiger partial charge in [-0.05, 0) is 38.3 Å². The van der Waals surface area contributed by atoms with E-state index in [1.165, 1.54) is 38.9 Å². The van der Waals surface area contributed by atoms with Gasteiger partial charge in [0.15, 0.2) is 0 Å². The number of hydrogen-bond donors (Lipinski definition) is 0. The number of ether oxygens (including phenoxy) is 1. The Morgan fingerprint density at radius 2 is 2.17 bits per heavy atom. The van der Waals surface area contributed by atoms with Crippen molar-refractivity contribution in [2.75, 3.05) is 32.8 Å². The third-order valence-electron chi connectivity index (χ3n) is 4.24. The molecule has 1 aromatic rings. The van der Waals surface area contributed by atoms with Crippen molar-refractivity contribution in [1.82, 2.24) is 19.7 Å². The van der Waals surface area contributed by atoms with Crippen LogP contribution in [-0.4, -0.2) is 52.5 Å². The number of nitrogens with zero attached hydrogens (tertiary/aromatic N) is 4. The zero-order chi connectivity index (χ0) is 12.4. The zero-order valence-corrected chi connectivity index (χ0v) is 11.1. The monoisotopic (exact) mass is 250 g/mol. The van der Waals surface area contributed by atoms with Gasteiger partial charge in [0.2, 0.25) is 0 Å². The quantitative estimate of drug-likeness (QED) is 0.803. The highest BCUT2D eigenvalue weighted by molar-refractivity contribution is 4.98. The molecule has 5 heteroatoms. The third kappa shape index (κ3) is 2.57. The van der Waals surface area contributed by atoms with Gasteiger partial charge >= 0.3 is 0 Å². The molecule has 1 aromatic heterocycles. The molecule has 1 atom stereocenters. The van der Waals surface area contributed by atoms with Crippen molar-refractivity contribution in [1.29, 1.82) is 0 Å². The number of aryl methyl sites for hydroxylation is 1. The fourth-order valence-electron chi connectivity index (χ4n) is 3.13. The van der Waals surface area contributed by atoms with Gasteiger partial charge in [0, 0.05) is 26.1 Å². The molecule has 0 saturated carbocycles. The van der Waals surface area contributed by atoms with E-state index in [2.05, 4.69) is 19.7 Å². The highest BCUT2D eigenvalue weighted by atomic mass is 16.5. The van der Waals surface area contributed by atoms with E-state index in [1.807, 2.05) is 7.05 Å². The Morgan fingerprint density at radius 3 is 2.78 bits per heavy atom. The van der Waals surface area contributed by atoms with Crippen molar-refractivity contribution >= 4 is 0 Å². The molecule has 0 radical (unpaired) electrons. The van der Waals surface area contributed by atoms with Crippen LogP contribution < -0.4 is 0 Å². The SMILES string of the molecule is Cn1cnnc1C1CCN(C[C@@H]2CCOC2)CC1. The minimum absolute atomic E-state index is 0.591. The van der Waals surface area contributed by atoms with E-state index in [0.29, 0.717) is 5.92 Å². The number of aromatic nitrogens is 3. The van der Waals surface area contributed by atoms with Gasteiger partial charge in [-0.2, -0.15) is 0 Å². The summed E-state index contributed by atoms with van der Waals surface area (Å²) in [7, 11) is 2.04. The van der Waals surface area contributed by atoms with Gasteiger partial charge in [0.1, 0.15) is 12.2 Å². The Balaban J connectivity index is 1.50. The summed E-state index contributed by atoms with van der Waals surface area (Å²) in [5, 5.41) is 8.22. The molecule has 2 fully saturated rings. The maximum Gasteiger partial charge on any atom is 0.135 e. The highest BCUT2D eigenvalue weighted by Crippen LogP contribution is 2.27. The maximum absolute atomic E-state index is 5.45. The summed E-state index contributed by atoms with van der Waals surface area (Å²) in [6.45, 7) is 5.51. The van der Waals surface area contributed by atoms with Crippen LogP contribution in [0.3, 0.4) is 0 Å². The van der Waals surface area contributed by atoms with Crippen LogP contribution in [0.2, 0.25) is 0 Å². The second-order valence-electron chi connectivity index (χ2n) is 5.60. The number of piperidine rings is 1. The molecule has 18 heavy (non-hydrogen) atoms. The molecule has 3 rings (SSSR count). The van der Waals surface area contributed by atoms with Crippen molar-refractivity contribution in [3.63, 3.8) is 0 Å². The topological polar surface area (TPSA) is 43.2 Å². The van der Waals surface area contributed by atoms with Crippen LogP contribution in [0.25, 0.3) is 0 Å². The van der Waals surface area contributed by atoms with Gasteiger partial charge in [-0.3, -0.25) is 0 Å². The summed E-state index contributed by atoms with van der Waals surface area (Å²) in [6, 6.07) is 0. The van der Waals surface area contributed by atoms with Crippen LogP contribution in [0.15, 0.2) is 6.33 Å². The first-order valence-corrected chi connectivity index (χ1v) is 6.97. The van der Waals surface area contributed by atoms with Crippen LogP contribution in [0.1, 0.15) is 31.0 Å². The Kier molecular flexibility index (Phi) is 3.61. The lowest BCUT2D eigenvalue weighted by molar-refractivity contribution is 0.151. The van der Waals surface area contributed by atoms with E-state index < -0.39 is 0 Å². The van der Waals surface area contributed by atoms with Crippen LogP contribution >= 0.6 is 0 Å². The third-order valence-corrected chi connectivity index (χ3v) is 4.24. The normalized spacial score (nSPS) is 26.8. The number of rotatable bonds is 3. The van der Waals surface area contributed by atoms with Gasteiger partial charge in [0.05, 0.1) is 6.61 Å². The molecular formula is C13H22N4O. The summed E-state index contributed by atoms with van der Waals surface area (Å²) >= 11 is 0. The molecule has 100 valence electrons. The fourth-order valence-corrected chi connectivity index (χ4v) is 3.13. The van der Waals surface area contributed by atoms with Gasteiger partial charge in [0.25, 0.3) is 0 Å². The lowest BCUT2D eigenvalue weighted by atomic mass is 9.95. The molecule has 0 aliphatic carbocycles. The molecule has 3 heterocycles. The molecule has 0 aromatic carbocycles. The second-order valence-corrected chi connectivity index (χ2v) is 5.60. The average molecular weight is 250 g/mol. The molecular weight excluding hydrogens is 228 g/mol. The summed E-state index contributed by atoms with van der Waals surface area (Å²) < 4.78 is 7.51. The highest BCUT2D eigenvalue weighted by Gasteiger charge is 2.26. The second kappa shape index (κ2) is 5.36. The van der Waals surface area contributed by atoms with E-state index in [9.17, 15) is 0 Å². The molecule has 0 amide bonds. The van der Waals surface area contributed by atoms with Gasteiger partial charge in [-0.25, -0.2) is 0 Å². The molecule has 2 saturated heterocycles. The first-order valence-electron chi connectivity index (χ1n) is 6.97. The average Bonchev–Trinajstić information content (AvgIpc) is 3.02. The largest absolute Gasteiger partial charge is 0.381 e. The Labute approximate surface area is 108 Å². The van der Waals surface area contributed by atoms with E-state index in [4.69, 9.17) is 4.74 Å². The van der Waals surface area contributed by atoms with Crippen LogP contribution in [0.5, 0.6) is 0 Å². The van der Waals surface area contributed by atoms with Crippen molar-refractivity contribution in [3.05, 3.63) is 12.2 Å². The van der Waals surface area contributed by atoms with E-state index >= 15 is 0 Å². The minimum Gasteiger partial charge on any atom is -0.381 e. The van der Waals surface area contributed by atoms with Crippen molar-refractivity contribution in [3.8, 4) is 0 Å². The van der Waals surface area contributed by atoms with Crippen molar-refractivity contribution in [2.45, 2.75) is 25.2 Å². The first-order chi connectivity index (χ1) is 8.83.